The van der Waals surface area contributed by atoms with Crippen LogP contribution in [0.5, 0.6) is 5.75 Å². The van der Waals surface area contributed by atoms with Gasteiger partial charge in [-0.3, -0.25) is 10.1 Å². The van der Waals surface area contributed by atoms with Gasteiger partial charge in [0, 0.05) is 12.1 Å². The molecule has 0 bridgehead atoms. The Hall–Kier alpha value is -2.07. The van der Waals surface area contributed by atoms with E-state index in [4.69, 9.17) is 16.3 Å². The number of hydrogen-bond donors (Lipinski definition) is 0. The number of rotatable bonds is 4. The minimum Gasteiger partial charge on any atom is -0.489 e. The van der Waals surface area contributed by atoms with Crippen LogP contribution < -0.4 is 4.74 Å². The van der Waals surface area contributed by atoms with Crippen LogP contribution in [-0.2, 0) is 6.61 Å². The van der Waals surface area contributed by atoms with Crippen LogP contribution in [0.4, 0.5) is 5.69 Å². The molecule has 0 aliphatic rings. The van der Waals surface area contributed by atoms with Crippen molar-refractivity contribution in [1.82, 2.24) is 0 Å². The van der Waals surface area contributed by atoms with Crippen LogP contribution in [0.3, 0.4) is 0 Å². The van der Waals surface area contributed by atoms with Gasteiger partial charge in [-0.25, -0.2) is 0 Å². The average Bonchev–Trinajstić information content (AvgIpc) is 2.40. The van der Waals surface area contributed by atoms with Gasteiger partial charge in [0.05, 0.1) is 4.92 Å². The monoisotopic (exact) mass is 291 g/mol. The molecule has 0 radical (unpaired) electrons. The molecule has 0 saturated heterocycles. The number of benzene rings is 2. The Morgan fingerprint density at radius 1 is 1.15 bits per heavy atom. The number of nitrogens with zero attached hydrogens (tertiary/aromatic N) is 1. The average molecular weight is 292 g/mol. The molecule has 0 heterocycles. The molecule has 0 N–H and O–H groups in total. The highest BCUT2D eigenvalue weighted by Gasteiger charge is 2.12. The number of nitro groups is 1. The van der Waals surface area contributed by atoms with Gasteiger partial charge in [0.15, 0.2) is 0 Å². The van der Waals surface area contributed by atoms with E-state index in [-0.39, 0.29) is 10.7 Å². The van der Waals surface area contributed by atoms with Crippen molar-refractivity contribution in [3.8, 4) is 5.75 Å². The Morgan fingerprint density at radius 2 is 1.90 bits per heavy atom. The van der Waals surface area contributed by atoms with Crippen molar-refractivity contribution in [2.24, 2.45) is 0 Å². The van der Waals surface area contributed by atoms with Crippen LogP contribution in [0.1, 0.15) is 16.7 Å². The number of aryl methyl sites for hydroxylation is 2. The summed E-state index contributed by atoms with van der Waals surface area (Å²) in [5.41, 5.74) is 3.35. The fourth-order valence-corrected chi connectivity index (χ4v) is 2.02. The Labute approximate surface area is 122 Å². The van der Waals surface area contributed by atoms with Crippen LogP contribution in [0, 0.1) is 24.0 Å². The summed E-state index contributed by atoms with van der Waals surface area (Å²) in [6.45, 7) is 4.49. The van der Waals surface area contributed by atoms with Gasteiger partial charge in [-0.15, -0.1) is 0 Å². The van der Waals surface area contributed by atoms with Gasteiger partial charge >= 0.3 is 0 Å². The third kappa shape index (κ3) is 3.27. The zero-order valence-electron chi connectivity index (χ0n) is 11.2. The van der Waals surface area contributed by atoms with E-state index in [0.717, 1.165) is 5.56 Å². The lowest BCUT2D eigenvalue weighted by Gasteiger charge is -2.08. The maximum atomic E-state index is 10.7. The predicted molar refractivity (Wildman–Crippen MR) is 78.4 cm³/mol. The SMILES string of the molecule is Cc1ccc(COc2ccc([N+](=O)[O-])c(Cl)c2)cc1C. The first-order chi connectivity index (χ1) is 9.47. The van der Waals surface area contributed by atoms with Crippen molar-refractivity contribution in [2.75, 3.05) is 0 Å². The molecular weight excluding hydrogens is 278 g/mol. The Balaban J connectivity index is 2.09. The zero-order valence-corrected chi connectivity index (χ0v) is 12.0. The van der Waals surface area contributed by atoms with Crippen LogP contribution in [-0.4, -0.2) is 4.92 Å². The molecule has 2 aromatic carbocycles. The van der Waals surface area contributed by atoms with Crippen molar-refractivity contribution in [3.05, 3.63) is 68.2 Å². The summed E-state index contributed by atoms with van der Waals surface area (Å²) in [5.74, 6) is 0.513. The molecule has 0 aromatic heterocycles. The summed E-state index contributed by atoms with van der Waals surface area (Å²) in [4.78, 5) is 10.1. The second-order valence-electron chi connectivity index (χ2n) is 4.58. The summed E-state index contributed by atoms with van der Waals surface area (Å²) in [6.07, 6.45) is 0. The lowest BCUT2D eigenvalue weighted by molar-refractivity contribution is -0.384. The van der Waals surface area contributed by atoms with E-state index in [1.54, 1.807) is 6.07 Å². The van der Waals surface area contributed by atoms with Crippen LogP contribution in [0.2, 0.25) is 5.02 Å². The minimum absolute atomic E-state index is 0.0765. The number of hydrogen-bond acceptors (Lipinski definition) is 3. The number of halogens is 1. The van der Waals surface area contributed by atoms with Gasteiger partial charge in [-0.2, -0.15) is 0 Å². The Morgan fingerprint density at radius 3 is 2.50 bits per heavy atom. The molecule has 4 nitrogen and oxygen atoms in total. The summed E-state index contributed by atoms with van der Waals surface area (Å²) in [7, 11) is 0. The van der Waals surface area contributed by atoms with Crippen LogP contribution >= 0.6 is 11.6 Å². The molecule has 2 aromatic rings. The largest absolute Gasteiger partial charge is 0.489 e. The first-order valence-corrected chi connectivity index (χ1v) is 6.48. The predicted octanol–water partition coefficient (Wildman–Crippen LogP) is 4.44. The maximum absolute atomic E-state index is 10.7. The number of ether oxygens (including phenoxy) is 1. The lowest BCUT2D eigenvalue weighted by Crippen LogP contribution is -1.97. The fraction of sp³-hybridized carbons (Fsp3) is 0.200. The minimum atomic E-state index is -0.518. The van der Waals surface area contributed by atoms with E-state index < -0.39 is 4.92 Å². The van der Waals surface area contributed by atoms with E-state index in [2.05, 4.69) is 13.0 Å². The quantitative estimate of drug-likeness (QED) is 0.618. The van der Waals surface area contributed by atoms with Crippen molar-refractivity contribution in [3.63, 3.8) is 0 Å². The molecule has 2 rings (SSSR count). The summed E-state index contributed by atoms with van der Waals surface area (Å²) < 4.78 is 5.60. The second-order valence-corrected chi connectivity index (χ2v) is 4.98. The molecule has 104 valence electrons. The third-order valence-electron chi connectivity index (χ3n) is 3.09. The molecule has 5 heteroatoms. The van der Waals surface area contributed by atoms with Crippen molar-refractivity contribution >= 4 is 17.3 Å². The molecule has 0 amide bonds. The highest BCUT2D eigenvalue weighted by molar-refractivity contribution is 6.32. The summed E-state index contributed by atoms with van der Waals surface area (Å²) in [6, 6.07) is 10.4. The standard InChI is InChI=1S/C15H14ClNO3/c1-10-3-4-12(7-11(10)2)9-20-13-5-6-15(17(18)19)14(16)8-13/h3-8H,9H2,1-2H3. The molecule has 0 spiro atoms. The molecule has 20 heavy (non-hydrogen) atoms. The second kappa shape index (κ2) is 5.92. The first-order valence-electron chi connectivity index (χ1n) is 6.10. The maximum Gasteiger partial charge on any atom is 0.288 e. The normalized spacial score (nSPS) is 10.3. The van der Waals surface area contributed by atoms with Gasteiger partial charge < -0.3 is 4.74 Å². The molecule has 0 fully saturated rings. The summed E-state index contributed by atoms with van der Waals surface area (Å²) in [5, 5.41) is 10.7. The fourth-order valence-electron chi connectivity index (χ4n) is 1.79. The van der Waals surface area contributed by atoms with Crippen LogP contribution in [0.25, 0.3) is 0 Å². The van der Waals surface area contributed by atoms with E-state index in [1.807, 2.05) is 19.1 Å². The van der Waals surface area contributed by atoms with Gasteiger partial charge in [0.1, 0.15) is 17.4 Å². The van der Waals surface area contributed by atoms with Gasteiger partial charge in [-0.1, -0.05) is 29.8 Å². The van der Waals surface area contributed by atoms with E-state index in [9.17, 15) is 10.1 Å². The first kappa shape index (κ1) is 14.3. The van der Waals surface area contributed by atoms with Crippen molar-refractivity contribution in [1.29, 1.82) is 0 Å². The van der Waals surface area contributed by atoms with Crippen LogP contribution in [0.15, 0.2) is 36.4 Å². The summed E-state index contributed by atoms with van der Waals surface area (Å²) >= 11 is 5.83. The Kier molecular flexibility index (Phi) is 4.25. The molecule has 0 saturated carbocycles. The van der Waals surface area contributed by atoms with E-state index >= 15 is 0 Å². The van der Waals surface area contributed by atoms with Crippen molar-refractivity contribution < 1.29 is 9.66 Å². The van der Waals surface area contributed by atoms with Gasteiger partial charge in [0.25, 0.3) is 5.69 Å². The van der Waals surface area contributed by atoms with Gasteiger partial charge in [-0.05, 0) is 36.6 Å². The van der Waals surface area contributed by atoms with E-state index in [1.165, 1.54) is 23.3 Å². The topological polar surface area (TPSA) is 52.4 Å². The zero-order chi connectivity index (χ0) is 14.7. The van der Waals surface area contributed by atoms with Gasteiger partial charge in [0.2, 0.25) is 0 Å². The lowest BCUT2D eigenvalue weighted by atomic mass is 10.1. The van der Waals surface area contributed by atoms with E-state index in [0.29, 0.717) is 12.4 Å². The molecule has 0 atom stereocenters. The Bertz CT molecular complexity index is 656. The highest BCUT2D eigenvalue weighted by atomic mass is 35.5. The molecular formula is C15H14ClNO3. The highest BCUT2D eigenvalue weighted by Crippen LogP contribution is 2.28. The molecule has 0 aliphatic carbocycles. The smallest absolute Gasteiger partial charge is 0.288 e. The molecule has 0 aliphatic heterocycles. The molecule has 0 unspecified atom stereocenters. The third-order valence-corrected chi connectivity index (χ3v) is 3.40. The number of nitro benzene ring substituents is 1. The van der Waals surface area contributed by atoms with Crippen molar-refractivity contribution in [2.45, 2.75) is 20.5 Å².